The Hall–Kier alpha value is -2.04. The van der Waals surface area contributed by atoms with Crippen molar-refractivity contribution in [2.24, 2.45) is 0 Å². The van der Waals surface area contributed by atoms with Gasteiger partial charge >= 0.3 is 5.97 Å². The Kier molecular flexibility index (Phi) is 2.52. The van der Waals surface area contributed by atoms with E-state index >= 15 is 0 Å². The van der Waals surface area contributed by atoms with Gasteiger partial charge in [0.25, 0.3) is 6.10 Å². The van der Waals surface area contributed by atoms with Gasteiger partial charge in [0.15, 0.2) is 0 Å². The zero-order chi connectivity index (χ0) is 11.7. The number of hydrogen-bond donors (Lipinski definition) is 0. The molecule has 0 aromatic heterocycles. The van der Waals surface area contributed by atoms with E-state index in [9.17, 15) is 9.59 Å². The van der Waals surface area contributed by atoms with Gasteiger partial charge in [0.05, 0.1) is 19.8 Å². The molecule has 1 unspecified atom stereocenters. The molecule has 0 spiro atoms. The fourth-order valence-electron chi connectivity index (χ4n) is 1.52. The molecule has 0 radical (unpaired) electrons. The molecule has 1 aromatic rings. The maximum atomic E-state index is 11.8. The fraction of sp³-hybridized carbons (Fsp3) is 0.273. The van der Waals surface area contributed by atoms with Crippen LogP contribution in [0, 0.1) is 0 Å². The number of benzene rings is 1. The first kappa shape index (κ1) is 10.5. The number of ether oxygens (including phenoxy) is 3. The number of fused-ring (bicyclic) bond motifs is 1. The molecule has 2 rings (SSSR count). The first-order chi connectivity index (χ1) is 7.67. The summed E-state index contributed by atoms with van der Waals surface area (Å²) < 4.78 is 14.7. The summed E-state index contributed by atoms with van der Waals surface area (Å²) >= 11 is 0. The Balaban J connectivity index is 2.35. The summed E-state index contributed by atoms with van der Waals surface area (Å²) in [5, 5.41) is 0. The monoisotopic (exact) mass is 222 g/mol. The van der Waals surface area contributed by atoms with Crippen LogP contribution in [0.4, 0.5) is 0 Å². The van der Waals surface area contributed by atoms with E-state index < -0.39 is 17.9 Å². The summed E-state index contributed by atoms with van der Waals surface area (Å²) in [6.07, 6.45) is -1.19. The van der Waals surface area contributed by atoms with Gasteiger partial charge in [-0.2, -0.15) is 0 Å². The van der Waals surface area contributed by atoms with Gasteiger partial charge in [-0.05, 0) is 18.2 Å². The van der Waals surface area contributed by atoms with Crippen LogP contribution in [-0.4, -0.2) is 32.1 Å². The number of Topliss-reactive ketones (excluding diaryl/α,β-unsaturated/α-hetero) is 1. The van der Waals surface area contributed by atoms with E-state index in [1.165, 1.54) is 14.2 Å². The van der Waals surface area contributed by atoms with Gasteiger partial charge in [-0.3, -0.25) is 4.79 Å². The van der Waals surface area contributed by atoms with Crippen molar-refractivity contribution in [3.63, 3.8) is 0 Å². The summed E-state index contributed by atoms with van der Waals surface area (Å²) in [6.45, 7) is 0. The number of hydrogen-bond acceptors (Lipinski definition) is 5. The first-order valence-electron chi connectivity index (χ1n) is 4.64. The largest absolute Gasteiger partial charge is 0.497 e. The van der Waals surface area contributed by atoms with Gasteiger partial charge in [0.2, 0.25) is 5.78 Å². The number of methoxy groups -OCH3 is 2. The lowest BCUT2D eigenvalue weighted by Crippen LogP contribution is -2.31. The number of ketones is 1. The van der Waals surface area contributed by atoms with Crippen molar-refractivity contribution >= 4 is 11.8 Å². The molecule has 0 saturated heterocycles. The minimum atomic E-state index is -1.19. The van der Waals surface area contributed by atoms with Gasteiger partial charge < -0.3 is 14.2 Å². The molecule has 1 aromatic carbocycles. The van der Waals surface area contributed by atoms with Crippen LogP contribution in [0.15, 0.2) is 18.2 Å². The van der Waals surface area contributed by atoms with Crippen molar-refractivity contribution in [2.45, 2.75) is 6.10 Å². The van der Waals surface area contributed by atoms with Crippen LogP contribution in [0.1, 0.15) is 10.4 Å². The molecule has 5 nitrogen and oxygen atoms in total. The zero-order valence-corrected chi connectivity index (χ0v) is 8.85. The minimum absolute atomic E-state index is 0.342. The highest BCUT2D eigenvalue weighted by molar-refractivity contribution is 6.15. The second-order valence-electron chi connectivity index (χ2n) is 3.25. The normalized spacial score (nSPS) is 17.6. The second kappa shape index (κ2) is 3.84. The van der Waals surface area contributed by atoms with Crippen LogP contribution in [0.2, 0.25) is 0 Å². The smallest absolute Gasteiger partial charge is 0.355 e. The maximum absolute atomic E-state index is 11.8. The number of carbonyl (C=O) groups is 2. The molecule has 0 bridgehead atoms. The van der Waals surface area contributed by atoms with Crippen molar-refractivity contribution in [1.82, 2.24) is 0 Å². The van der Waals surface area contributed by atoms with Crippen molar-refractivity contribution in [2.75, 3.05) is 14.2 Å². The van der Waals surface area contributed by atoms with Crippen molar-refractivity contribution in [3.05, 3.63) is 23.8 Å². The van der Waals surface area contributed by atoms with E-state index in [4.69, 9.17) is 9.47 Å². The highest BCUT2D eigenvalue weighted by Gasteiger charge is 2.38. The van der Waals surface area contributed by atoms with Gasteiger partial charge in [0, 0.05) is 0 Å². The third-order valence-electron chi connectivity index (χ3n) is 2.35. The molecule has 0 aliphatic carbocycles. The fourth-order valence-corrected chi connectivity index (χ4v) is 1.52. The predicted molar refractivity (Wildman–Crippen MR) is 53.8 cm³/mol. The Bertz CT molecular complexity index is 452. The van der Waals surface area contributed by atoms with E-state index in [1.54, 1.807) is 18.2 Å². The minimum Gasteiger partial charge on any atom is -0.497 e. The number of carbonyl (C=O) groups excluding carboxylic acids is 2. The average molecular weight is 222 g/mol. The van der Waals surface area contributed by atoms with Gasteiger partial charge in [-0.15, -0.1) is 0 Å². The number of rotatable bonds is 2. The molecule has 1 atom stereocenters. The Morgan fingerprint density at radius 3 is 2.75 bits per heavy atom. The first-order valence-corrected chi connectivity index (χ1v) is 4.64. The molecule has 84 valence electrons. The lowest BCUT2D eigenvalue weighted by Gasteiger charge is -2.05. The Morgan fingerprint density at radius 2 is 2.12 bits per heavy atom. The molecule has 1 heterocycles. The van der Waals surface area contributed by atoms with E-state index in [0.717, 1.165) is 0 Å². The molecular weight excluding hydrogens is 212 g/mol. The van der Waals surface area contributed by atoms with E-state index in [1.807, 2.05) is 0 Å². The lowest BCUT2D eigenvalue weighted by atomic mass is 10.1. The molecule has 1 aliphatic heterocycles. The predicted octanol–water partition coefficient (Wildman–Crippen LogP) is 0.812. The third-order valence-corrected chi connectivity index (χ3v) is 2.35. The van der Waals surface area contributed by atoms with Gasteiger partial charge in [-0.25, -0.2) is 4.79 Å². The highest BCUT2D eigenvalue weighted by atomic mass is 16.6. The Labute approximate surface area is 91.9 Å². The molecule has 16 heavy (non-hydrogen) atoms. The molecular formula is C11H10O5. The quantitative estimate of drug-likeness (QED) is 0.547. The summed E-state index contributed by atoms with van der Waals surface area (Å²) in [4.78, 5) is 23.0. The van der Waals surface area contributed by atoms with Crippen LogP contribution >= 0.6 is 0 Å². The van der Waals surface area contributed by atoms with Crippen LogP contribution < -0.4 is 9.47 Å². The Morgan fingerprint density at radius 1 is 1.38 bits per heavy atom. The van der Waals surface area contributed by atoms with E-state index in [-0.39, 0.29) is 0 Å². The van der Waals surface area contributed by atoms with E-state index in [2.05, 4.69) is 4.74 Å². The molecule has 0 saturated carbocycles. The summed E-state index contributed by atoms with van der Waals surface area (Å²) in [5.74, 6) is -0.177. The van der Waals surface area contributed by atoms with E-state index in [0.29, 0.717) is 17.1 Å². The molecule has 0 amide bonds. The second-order valence-corrected chi connectivity index (χ2v) is 3.25. The molecule has 1 aliphatic rings. The zero-order valence-electron chi connectivity index (χ0n) is 8.85. The average Bonchev–Trinajstić information content (AvgIpc) is 2.65. The molecule has 0 N–H and O–H groups in total. The molecule has 0 fully saturated rings. The van der Waals surface area contributed by atoms with Crippen LogP contribution in [-0.2, 0) is 9.53 Å². The van der Waals surface area contributed by atoms with Crippen LogP contribution in [0.25, 0.3) is 0 Å². The lowest BCUT2D eigenvalue weighted by molar-refractivity contribution is -0.145. The maximum Gasteiger partial charge on any atom is 0.355 e. The SMILES string of the molecule is COC(=O)C1Oc2ccc(OC)cc2C1=O. The van der Waals surface area contributed by atoms with Gasteiger partial charge in [-0.1, -0.05) is 0 Å². The number of esters is 1. The van der Waals surface area contributed by atoms with Gasteiger partial charge in [0.1, 0.15) is 11.5 Å². The third kappa shape index (κ3) is 1.50. The van der Waals surface area contributed by atoms with Crippen LogP contribution in [0.3, 0.4) is 0 Å². The van der Waals surface area contributed by atoms with Crippen LogP contribution in [0.5, 0.6) is 11.5 Å². The topological polar surface area (TPSA) is 61.8 Å². The summed E-state index contributed by atoms with van der Waals surface area (Å²) in [5.41, 5.74) is 0.342. The van der Waals surface area contributed by atoms with Crippen molar-refractivity contribution < 1.29 is 23.8 Å². The van der Waals surface area contributed by atoms with Crippen molar-refractivity contribution in [1.29, 1.82) is 0 Å². The summed E-state index contributed by atoms with van der Waals surface area (Å²) in [7, 11) is 2.71. The van der Waals surface area contributed by atoms with Crippen molar-refractivity contribution in [3.8, 4) is 11.5 Å². The highest BCUT2D eigenvalue weighted by Crippen LogP contribution is 2.32. The summed E-state index contributed by atoms with van der Waals surface area (Å²) in [6, 6.07) is 4.79. The molecule has 5 heteroatoms. The standard InChI is InChI=1S/C11H10O5/c1-14-6-3-4-8-7(5-6)9(12)10(16-8)11(13)15-2/h3-5,10H,1-2H3.